The van der Waals surface area contributed by atoms with Gasteiger partial charge in [0.1, 0.15) is 23.1 Å². The second-order valence-corrected chi connectivity index (χ2v) is 7.34. The summed E-state index contributed by atoms with van der Waals surface area (Å²) in [5, 5.41) is 7.13. The SMILES string of the molecule is O=C1NCCCN1c1cnn2ccc(N3CCCC3c3cc(F)ccc3F)nc12. The molecule has 9 heteroatoms. The third-order valence-electron chi connectivity index (χ3n) is 5.57. The molecule has 5 rings (SSSR count). The Hall–Kier alpha value is -3.23. The lowest BCUT2D eigenvalue weighted by Gasteiger charge is -2.28. The average molecular weight is 398 g/mol. The van der Waals surface area contributed by atoms with Crippen molar-refractivity contribution >= 4 is 23.2 Å². The van der Waals surface area contributed by atoms with Crippen molar-refractivity contribution in [3.05, 3.63) is 53.9 Å². The Kier molecular flexibility index (Phi) is 4.30. The zero-order chi connectivity index (χ0) is 20.0. The summed E-state index contributed by atoms with van der Waals surface area (Å²) in [6.07, 6.45) is 5.82. The van der Waals surface area contributed by atoms with Crippen LogP contribution in [0, 0.1) is 11.6 Å². The van der Waals surface area contributed by atoms with Gasteiger partial charge >= 0.3 is 6.03 Å². The fourth-order valence-corrected chi connectivity index (χ4v) is 4.19. The standard InChI is InChI=1S/C20H20F2N6O/c21-13-4-5-15(22)14(11-13)16-3-1-8-26(16)18-6-10-28-19(25-18)17(12-24-28)27-9-2-7-23-20(27)29/h4-6,10-12,16H,1-3,7-9H2,(H,23,29). The summed E-state index contributed by atoms with van der Waals surface area (Å²) in [7, 11) is 0. The number of carbonyl (C=O) groups excluding carboxylic acids is 1. The minimum absolute atomic E-state index is 0.167. The molecule has 0 spiro atoms. The van der Waals surface area contributed by atoms with Gasteiger partial charge in [-0.2, -0.15) is 5.10 Å². The lowest BCUT2D eigenvalue weighted by atomic mass is 10.0. The van der Waals surface area contributed by atoms with Crippen molar-refractivity contribution in [2.45, 2.75) is 25.3 Å². The highest BCUT2D eigenvalue weighted by Gasteiger charge is 2.30. The van der Waals surface area contributed by atoms with Crippen LogP contribution in [-0.2, 0) is 0 Å². The van der Waals surface area contributed by atoms with E-state index >= 15 is 0 Å². The molecule has 3 aromatic rings. The van der Waals surface area contributed by atoms with Crippen molar-refractivity contribution in [1.29, 1.82) is 0 Å². The van der Waals surface area contributed by atoms with Crippen LogP contribution >= 0.6 is 0 Å². The van der Waals surface area contributed by atoms with Gasteiger partial charge in [-0.3, -0.25) is 4.90 Å². The Morgan fingerprint density at radius 1 is 1.14 bits per heavy atom. The van der Waals surface area contributed by atoms with Crippen LogP contribution < -0.4 is 15.1 Å². The molecule has 4 heterocycles. The first-order valence-electron chi connectivity index (χ1n) is 9.73. The number of fused-ring (bicyclic) bond motifs is 1. The van der Waals surface area contributed by atoms with Gasteiger partial charge in [0.2, 0.25) is 0 Å². The molecule has 1 unspecified atom stereocenters. The predicted octanol–water partition coefficient (Wildman–Crippen LogP) is 3.27. The van der Waals surface area contributed by atoms with E-state index in [2.05, 4.69) is 10.4 Å². The number of urea groups is 1. The monoisotopic (exact) mass is 398 g/mol. The molecule has 1 N–H and O–H groups in total. The van der Waals surface area contributed by atoms with Crippen molar-refractivity contribution in [2.24, 2.45) is 0 Å². The molecule has 1 aromatic carbocycles. The van der Waals surface area contributed by atoms with E-state index in [0.29, 0.717) is 48.8 Å². The zero-order valence-corrected chi connectivity index (χ0v) is 15.7. The van der Waals surface area contributed by atoms with Gasteiger partial charge in [-0.05, 0) is 43.5 Å². The molecule has 2 amide bonds. The van der Waals surface area contributed by atoms with E-state index in [1.165, 1.54) is 12.1 Å². The number of hydrogen-bond acceptors (Lipinski definition) is 4. The van der Waals surface area contributed by atoms with E-state index in [0.717, 1.165) is 18.9 Å². The van der Waals surface area contributed by atoms with Gasteiger partial charge in [0, 0.05) is 31.4 Å². The van der Waals surface area contributed by atoms with Gasteiger partial charge in [0.25, 0.3) is 0 Å². The summed E-state index contributed by atoms with van der Waals surface area (Å²) in [5.41, 5.74) is 1.54. The Morgan fingerprint density at radius 2 is 2.03 bits per heavy atom. The number of hydrogen-bond donors (Lipinski definition) is 1. The van der Waals surface area contributed by atoms with Crippen LogP contribution in [0.25, 0.3) is 5.65 Å². The molecular weight excluding hydrogens is 378 g/mol. The topological polar surface area (TPSA) is 65.8 Å². The fraction of sp³-hybridized carbons (Fsp3) is 0.350. The van der Waals surface area contributed by atoms with Crippen LogP contribution in [0.15, 0.2) is 36.7 Å². The van der Waals surface area contributed by atoms with E-state index in [4.69, 9.17) is 4.98 Å². The number of nitrogens with one attached hydrogen (secondary N) is 1. The molecule has 1 atom stereocenters. The van der Waals surface area contributed by atoms with Gasteiger partial charge in [0.15, 0.2) is 5.65 Å². The molecule has 7 nitrogen and oxygen atoms in total. The number of carbonyl (C=O) groups is 1. The molecule has 150 valence electrons. The number of nitrogens with zero attached hydrogens (tertiary/aromatic N) is 5. The molecule has 2 aliphatic heterocycles. The summed E-state index contributed by atoms with van der Waals surface area (Å²) in [6.45, 7) is 1.94. The first-order chi connectivity index (χ1) is 14.1. The normalized spacial score (nSPS) is 19.8. The molecule has 0 aliphatic carbocycles. The minimum Gasteiger partial charge on any atom is -0.349 e. The van der Waals surface area contributed by atoms with Crippen LogP contribution in [0.1, 0.15) is 30.9 Å². The number of aromatic nitrogens is 3. The first kappa shape index (κ1) is 17.8. The lowest BCUT2D eigenvalue weighted by molar-refractivity contribution is 0.243. The summed E-state index contributed by atoms with van der Waals surface area (Å²) in [6, 6.07) is 4.92. The Balaban J connectivity index is 1.53. The number of halogens is 2. The summed E-state index contributed by atoms with van der Waals surface area (Å²) >= 11 is 0. The summed E-state index contributed by atoms with van der Waals surface area (Å²) < 4.78 is 29.7. The molecule has 29 heavy (non-hydrogen) atoms. The van der Waals surface area contributed by atoms with Crippen LogP contribution in [0.2, 0.25) is 0 Å². The summed E-state index contributed by atoms with van der Waals surface area (Å²) in [4.78, 5) is 20.6. The van der Waals surface area contributed by atoms with E-state index < -0.39 is 11.6 Å². The van der Waals surface area contributed by atoms with E-state index in [-0.39, 0.29) is 12.1 Å². The second-order valence-electron chi connectivity index (χ2n) is 7.34. The molecular formula is C20H20F2N6O. The molecule has 0 bridgehead atoms. The Labute approximate surface area is 165 Å². The third-order valence-corrected chi connectivity index (χ3v) is 5.57. The van der Waals surface area contributed by atoms with Gasteiger partial charge in [-0.1, -0.05) is 0 Å². The smallest absolute Gasteiger partial charge is 0.322 e. The molecule has 0 radical (unpaired) electrons. The van der Waals surface area contributed by atoms with E-state index in [9.17, 15) is 13.6 Å². The maximum absolute atomic E-state index is 14.4. The number of anilines is 2. The highest BCUT2D eigenvalue weighted by atomic mass is 19.1. The highest BCUT2D eigenvalue weighted by molar-refractivity contribution is 5.96. The minimum atomic E-state index is -0.453. The molecule has 2 aromatic heterocycles. The number of benzene rings is 1. The van der Waals surface area contributed by atoms with Crippen molar-refractivity contribution in [2.75, 3.05) is 29.4 Å². The fourth-order valence-electron chi connectivity index (χ4n) is 4.19. The summed E-state index contributed by atoms with van der Waals surface area (Å²) in [5.74, 6) is -0.215. The number of amides is 2. The van der Waals surface area contributed by atoms with Gasteiger partial charge in [-0.15, -0.1) is 0 Å². The third kappa shape index (κ3) is 3.06. The predicted molar refractivity (Wildman–Crippen MR) is 104 cm³/mol. The quantitative estimate of drug-likeness (QED) is 0.736. The maximum atomic E-state index is 14.4. The van der Waals surface area contributed by atoms with Crippen LogP contribution in [0.3, 0.4) is 0 Å². The first-order valence-corrected chi connectivity index (χ1v) is 9.73. The molecule has 2 saturated heterocycles. The second kappa shape index (κ2) is 6.98. The van der Waals surface area contributed by atoms with Crippen molar-refractivity contribution in [1.82, 2.24) is 19.9 Å². The Bertz CT molecular complexity index is 1080. The lowest BCUT2D eigenvalue weighted by Crippen LogP contribution is -2.46. The zero-order valence-electron chi connectivity index (χ0n) is 15.7. The van der Waals surface area contributed by atoms with Crippen LogP contribution in [0.5, 0.6) is 0 Å². The maximum Gasteiger partial charge on any atom is 0.322 e. The molecule has 2 fully saturated rings. The molecule has 0 saturated carbocycles. The van der Waals surface area contributed by atoms with Gasteiger partial charge in [-0.25, -0.2) is 23.1 Å². The molecule has 2 aliphatic rings. The highest BCUT2D eigenvalue weighted by Crippen LogP contribution is 2.37. The van der Waals surface area contributed by atoms with Gasteiger partial charge < -0.3 is 10.2 Å². The van der Waals surface area contributed by atoms with E-state index in [1.54, 1.807) is 21.8 Å². The van der Waals surface area contributed by atoms with Crippen LogP contribution in [0.4, 0.5) is 25.1 Å². The number of rotatable bonds is 3. The van der Waals surface area contributed by atoms with Crippen molar-refractivity contribution < 1.29 is 13.6 Å². The largest absolute Gasteiger partial charge is 0.349 e. The van der Waals surface area contributed by atoms with Gasteiger partial charge in [0.05, 0.1) is 12.2 Å². The van der Waals surface area contributed by atoms with Crippen molar-refractivity contribution in [3.63, 3.8) is 0 Å². The Morgan fingerprint density at radius 3 is 2.90 bits per heavy atom. The van der Waals surface area contributed by atoms with Crippen LogP contribution in [-0.4, -0.2) is 40.3 Å². The van der Waals surface area contributed by atoms with E-state index in [1.807, 2.05) is 11.0 Å². The average Bonchev–Trinajstić information content (AvgIpc) is 3.37. The van der Waals surface area contributed by atoms with Crippen molar-refractivity contribution in [3.8, 4) is 0 Å².